The molecule has 0 aliphatic carbocycles. The van der Waals surface area contributed by atoms with Crippen LogP contribution in [0.5, 0.6) is 5.75 Å². The number of amides is 1. The summed E-state index contributed by atoms with van der Waals surface area (Å²) < 4.78 is 10.7. The molecule has 0 aliphatic rings. The molecular weight excluding hydrogens is 304 g/mol. The van der Waals surface area contributed by atoms with Gasteiger partial charge in [-0.15, -0.1) is 0 Å². The number of anilines is 1. The minimum Gasteiger partial charge on any atom is -0.494 e. The van der Waals surface area contributed by atoms with Gasteiger partial charge in [-0.2, -0.15) is 0 Å². The summed E-state index contributed by atoms with van der Waals surface area (Å²) in [4.78, 5) is 12.1. The normalized spacial score (nSPS) is 10.3. The quantitative estimate of drug-likeness (QED) is 0.664. The van der Waals surface area contributed by atoms with E-state index in [9.17, 15) is 4.79 Å². The first-order chi connectivity index (χ1) is 11.8. The number of hydrogen-bond acceptors (Lipinski definition) is 4. The second kappa shape index (κ2) is 7.97. The van der Waals surface area contributed by atoms with Crippen LogP contribution in [-0.2, 0) is 4.79 Å². The molecule has 1 amide bonds. The summed E-state index contributed by atoms with van der Waals surface area (Å²) in [5.74, 6) is 1.05. The average Bonchev–Trinajstić information content (AvgIpc) is 3.08. The summed E-state index contributed by atoms with van der Waals surface area (Å²) in [6.07, 6.45) is 2.57. The molecule has 1 heterocycles. The molecule has 122 valence electrons. The van der Waals surface area contributed by atoms with E-state index in [-0.39, 0.29) is 5.91 Å². The second-order valence-corrected chi connectivity index (χ2v) is 5.25. The molecule has 0 spiro atoms. The fourth-order valence-corrected chi connectivity index (χ4v) is 2.28. The highest BCUT2D eigenvalue weighted by Crippen LogP contribution is 2.27. The van der Waals surface area contributed by atoms with Crippen LogP contribution in [0.1, 0.15) is 12.8 Å². The fraction of sp³-hybridized carbons (Fsp3) is 0.158. The number of para-hydroxylation sites is 1. The van der Waals surface area contributed by atoms with Crippen LogP contribution in [-0.4, -0.2) is 17.7 Å². The van der Waals surface area contributed by atoms with Crippen molar-refractivity contribution in [2.24, 2.45) is 0 Å². The van der Waals surface area contributed by atoms with E-state index in [1.807, 2.05) is 60.7 Å². The van der Waals surface area contributed by atoms with Crippen LogP contribution in [0.4, 0.5) is 5.88 Å². The van der Waals surface area contributed by atoms with Crippen LogP contribution in [0.25, 0.3) is 11.1 Å². The zero-order valence-corrected chi connectivity index (χ0v) is 13.1. The van der Waals surface area contributed by atoms with Crippen molar-refractivity contribution in [3.63, 3.8) is 0 Å². The lowest BCUT2D eigenvalue weighted by Gasteiger charge is -2.06. The van der Waals surface area contributed by atoms with Crippen molar-refractivity contribution in [3.05, 3.63) is 66.9 Å². The van der Waals surface area contributed by atoms with Gasteiger partial charge in [0, 0.05) is 6.42 Å². The Morgan fingerprint density at radius 3 is 2.50 bits per heavy atom. The third-order valence-electron chi connectivity index (χ3n) is 3.47. The Kier molecular flexibility index (Phi) is 5.24. The SMILES string of the molecule is O=C(CCCOc1ccccc1)Nc1oncc1-c1ccccc1. The third-order valence-corrected chi connectivity index (χ3v) is 3.47. The zero-order valence-electron chi connectivity index (χ0n) is 13.1. The molecule has 0 radical (unpaired) electrons. The van der Waals surface area contributed by atoms with Crippen LogP contribution in [0.2, 0.25) is 0 Å². The highest BCUT2D eigenvalue weighted by molar-refractivity contribution is 5.93. The Bertz CT molecular complexity index is 770. The van der Waals surface area contributed by atoms with E-state index in [1.54, 1.807) is 6.20 Å². The van der Waals surface area contributed by atoms with Crippen LogP contribution in [0, 0.1) is 0 Å². The van der Waals surface area contributed by atoms with Crippen molar-refractivity contribution in [2.45, 2.75) is 12.8 Å². The Morgan fingerprint density at radius 1 is 1.04 bits per heavy atom. The van der Waals surface area contributed by atoms with Gasteiger partial charge in [0.15, 0.2) is 0 Å². The van der Waals surface area contributed by atoms with Crippen molar-refractivity contribution >= 4 is 11.8 Å². The Balaban J connectivity index is 1.48. The maximum absolute atomic E-state index is 12.1. The molecule has 0 bridgehead atoms. The summed E-state index contributed by atoms with van der Waals surface area (Å²) in [7, 11) is 0. The highest BCUT2D eigenvalue weighted by Gasteiger charge is 2.13. The first kappa shape index (κ1) is 15.8. The van der Waals surface area contributed by atoms with E-state index < -0.39 is 0 Å². The molecular formula is C19H18N2O3. The number of nitrogens with zero attached hydrogens (tertiary/aromatic N) is 1. The van der Waals surface area contributed by atoms with Crippen LogP contribution >= 0.6 is 0 Å². The van der Waals surface area contributed by atoms with E-state index in [0.717, 1.165) is 16.9 Å². The summed E-state index contributed by atoms with van der Waals surface area (Å²) in [5.41, 5.74) is 1.71. The van der Waals surface area contributed by atoms with Gasteiger partial charge in [0.1, 0.15) is 5.75 Å². The monoisotopic (exact) mass is 322 g/mol. The molecule has 5 heteroatoms. The molecule has 1 N–H and O–H groups in total. The number of benzene rings is 2. The Hall–Kier alpha value is -3.08. The van der Waals surface area contributed by atoms with E-state index >= 15 is 0 Å². The Labute approximate surface area is 140 Å². The van der Waals surface area contributed by atoms with Gasteiger partial charge in [-0.05, 0) is 24.1 Å². The standard InChI is InChI=1S/C19H18N2O3/c22-18(12-7-13-23-16-10-5-2-6-11-16)21-19-17(14-20-24-19)15-8-3-1-4-9-15/h1-6,8-11,14H,7,12-13H2,(H,21,22). The minimum absolute atomic E-state index is 0.124. The van der Waals surface area contributed by atoms with Crippen molar-refractivity contribution in [2.75, 3.05) is 11.9 Å². The largest absolute Gasteiger partial charge is 0.494 e. The van der Waals surface area contributed by atoms with Gasteiger partial charge in [-0.1, -0.05) is 53.7 Å². The lowest BCUT2D eigenvalue weighted by Crippen LogP contribution is -2.12. The third kappa shape index (κ3) is 4.23. The molecule has 24 heavy (non-hydrogen) atoms. The summed E-state index contributed by atoms with van der Waals surface area (Å²) in [6, 6.07) is 19.2. The fourth-order valence-electron chi connectivity index (χ4n) is 2.28. The number of ether oxygens (including phenoxy) is 1. The lowest BCUT2D eigenvalue weighted by atomic mass is 10.1. The van der Waals surface area contributed by atoms with Gasteiger partial charge in [0.2, 0.25) is 11.8 Å². The molecule has 3 rings (SSSR count). The number of carbonyl (C=O) groups is 1. The van der Waals surface area contributed by atoms with Crippen molar-refractivity contribution in [1.82, 2.24) is 5.16 Å². The molecule has 0 saturated carbocycles. The minimum atomic E-state index is -0.124. The number of nitrogens with one attached hydrogen (secondary N) is 1. The molecule has 1 aromatic heterocycles. The zero-order chi connectivity index (χ0) is 16.6. The first-order valence-corrected chi connectivity index (χ1v) is 7.81. The van der Waals surface area contributed by atoms with Gasteiger partial charge in [-0.25, -0.2) is 0 Å². The van der Waals surface area contributed by atoms with E-state index in [4.69, 9.17) is 9.26 Å². The van der Waals surface area contributed by atoms with Crippen LogP contribution in [0.15, 0.2) is 71.4 Å². The Morgan fingerprint density at radius 2 is 1.75 bits per heavy atom. The molecule has 0 atom stereocenters. The first-order valence-electron chi connectivity index (χ1n) is 7.81. The van der Waals surface area contributed by atoms with Crippen LogP contribution in [0.3, 0.4) is 0 Å². The maximum Gasteiger partial charge on any atom is 0.239 e. The predicted molar refractivity (Wildman–Crippen MR) is 91.7 cm³/mol. The average molecular weight is 322 g/mol. The van der Waals surface area contributed by atoms with E-state index in [2.05, 4.69) is 10.5 Å². The maximum atomic E-state index is 12.1. The number of carbonyl (C=O) groups excluding carboxylic acids is 1. The summed E-state index contributed by atoms with van der Waals surface area (Å²) in [5, 5.41) is 6.54. The summed E-state index contributed by atoms with van der Waals surface area (Å²) >= 11 is 0. The topological polar surface area (TPSA) is 64.4 Å². The molecule has 0 aliphatic heterocycles. The molecule has 2 aromatic carbocycles. The van der Waals surface area contributed by atoms with Crippen molar-refractivity contribution in [1.29, 1.82) is 0 Å². The molecule has 3 aromatic rings. The predicted octanol–water partition coefficient (Wildman–Crippen LogP) is 4.14. The number of aromatic nitrogens is 1. The van der Waals surface area contributed by atoms with Gasteiger partial charge < -0.3 is 9.26 Å². The smallest absolute Gasteiger partial charge is 0.239 e. The second-order valence-electron chi connectivity index (χ2n) is 5.25. The number of hydrogen-bond donors (Lipinski definition) is 1. The molecule has 0 fully saturated rings. The molecule has 0 saturated heterocycles. The van der Waals surface area contributed by atoms with E-state index in [1.165, 1.54) is 0 Å². The van der Waals surface area contributed by atoms with Crippen LogP contribution < -0.4 is 10.1 Å². The summed E-state index contributed by atoms with van der Waals surface area (Å²) in [6.45, 7) is 0.485. The van der Waals surface area contributed by atoms with Crippen molar-refractivity contribution in [3.8, 4) is 16.9 Å². The van der Waals surface area contributed by atoms with E-state index in [0.29, 0.717) is 25.3 Å². The highest BCUT2D eigenvalue weighted by atomic mass is 16.5. The van der Waals surface area contributed by atoms with Gasteiger partial charge in [0.05, 0.1) is 18.4 Å². The van der Waals surface area contributed by atoms with Gasteiger partial charge in [0.25, 0.3) is 0 Å². The van der Waals surface area contributed by atoms with Gasteiger partial charge in [-0.3, -0.25) is 10.1 Å². The molecule has 0 unspecified atom stereocenters. The van der Waals surface area contributed by atoms with Crippen molar-refractivity contribution < 1.29 is 14.1 Å². The van der Waals surface area contributed by atoms with Gasteiger partial charge >= 0.3 is 0 Å². The molecule has 5 nitrogen and oxygen atoms in total. The number of rotatable bonds is 7. The lowest BCUT2D eigenvalue weighted by molar-refractivity contribution is -0.116.